The molecular formula is C27H52O3. The van der Waals surface area contributed by atoms with Gasteiger partial charge in [0.1, 0.15) is 11.7 Å². The van der Waals surface area contributed by atoms with Gasteiger partial charge in [0.15, 0.2) is 0 Å². The summed E-state index contributed by atoms with van der Waals surface area (Å²) in [5.41, 5.74) is -0.988. The van der Waals surface area contributed by atoms with Crippen LogP contribution in [0, 0.1) is 11.8 Å². The highest BCUT2D eigenvalue weighted by Gasteiger charge is 2.35. The van der Waals surface area contributed by atoms with Crippen molar-refractivity contribution in [1.82, 2.24) is 0 Å². The van der Waals surface area contributed by atoms with Crippen molar-refractivity contribution in [3.8, 4) is 0 Å². The fraction of sp³-hybridized carbons (Fsp3) is 0.889. The molecule has 3 nitrogen and oxygen atoms in total. The number of carbonyl (C=O) groups excluding carboxylic acids is 1. The van der Waals surface area contributed by atoms with Crippen molar-refractivity contribution in [2.75, 3.05) is 0 Å². The van der Waals surface area contributed by atoms with Crippen LogP contribution in [-0.2, 0) is 9.53 Å². The second kappa shape index (κ2) is 17.8. The van der Waals surface area contributed by atoms with Crippen LogP contribution in [0.1, 0.15) is 131 Å². The van der Waals surface area contributed by atoms with E-state index in [0.29, 0.717) is 0 Å². The fourth-order valence-corrected chi connectivity index (χ4v) is 3.52. The van der Waals surface area contributed by atoms with Crippen LogP contribution in [0.25, 0.3) is 0 Å². The third kappa shape index (κ3) is 14.2. The first-order valence-electron chi connectivity index (χ1n) is 12.8. The topological polar surface area (TPSA) is 46.5 Å². The minimum Gasteiger partial charge on any atom is -0.459 e. The van der Waals surface area contributed by atoms with Crippen molar-refractivity contribution in [2.45, 2.75) is 143 Å². The fourth-order valence-electron chi connectivity index (χ4n) is 3.52. The zero-order valence-corrected chi connectivity index (χ0v) is 21.0. The quantitative estimate of drug-likeness (QED) is 0.130. The van der Waals surface area contributed by atoms with E-state index in [1.165, 1.54) is 77.0 Å². The standard InChI is InChI=1S/C27H52O3/c1-7-8-9-10-11-12-13-14-15-16-17-18-19-20-21-22-24(4)26(28)30-25(5)27(6,29)23(2)3/h14-15,23-25,29H,7-13,16-22H2,1-6H3. The summed E-state index contributed by atoms with van der Waals surface area (Å²) in [4.78, 5) is 12.3. The number of hydrogen-bond donors (Lipinski definition) is 1. The Morgan fingerprint density at radius 2 is 1.30 bits per heavy atom. The van der Waals surface area contributed by atoms with Crippen LogP contribution in [0.5, 0.6) is 0 Å². The zero-order chi connectivity index (χ0) is 22.8. The second-order valence-corrected chi connectivity index (χ2v) is 9.73. The highest BCUT2D eigenvalue weighted by molar-refractivity contribution is 5.72. The maximum absolute atomic E-state index is 12.3. The third-order valence-corrected chi connectivity index (χ3v) is 6.59. The Morgan fingerprint density at radius 1 is 0.833 bits per heavy atom. The molecule has 0 saturated carbocycles. The van der Waals surface area contributed by atoms with Gasteiger partial charge in [-0.15, -0.1) is 0 Å². The van der Waals surface area contributed by atoms with Gasteiger partial charge in [-0.1, -0.05) is 97.6 Å². The lowest BCUT2D eigenvalue weighted by atomic mass is 9.87. The van der Waals surface area contributed by atoms with Gasteiger partial charge in [-0.25, -0.2) is 0 Å². The molecule has 0 fully saturated rings. The lowest BCUT2D eigenvalue weighted by molar-refractivity contribution is -0.170. The molecule has 0 aromatic heterocycles. The summed E-state index contributed by atoms with van der Waals surface area (Å²) in [6.07, 6.45) is 21.8. The van der Waals surface area contributed by atoms with Gasteiger partial charge < -0.3 is 9.84 Å². The average molecular weight is 425 g/mol. The summed E-state index contributed by atoms with van der Waals surface area (Å²) in [6, 6.07) is 0. The molecule has 0 aliphatic rings. The van der Waals surface area contributed by atoms with Crippen molar-refractivity contribution >= 4 is 5.97 Å². The summed E-state index contributed by atoms with van der Waals surface area (Å²) >= 11 is 0. The molecule has 178 valence electrons. The number of allylic oxidation sites excluding steroid dienone is 2. The van der Waals surface area contributed by atoms with E-state index >= 15 is 0 Å². The molecule has 0 saturated heterocycles. The largest absolute Gasteiger partial charge is 0.459 e. The Hall–Kier alpha value is -0.830. The van der Waals surface area contributed by atoms with Gasteiger partial charge >= 0.3 is 5.97 Å². The first kappa shape index (κ1) is 29.2. The number of ether oxygens (including phenoxy) is 1. The van der Waals surface area contributed by atoms with Gasteiger partial charge in [0.2, 0.25) is 0 Å². The first-order chi connectivity index (χ1) is 14.2. The number of hydrogen-bond acceptors (Lipinski definition) is 3. The lowest BCUT2D eigenvalue weighted by Crippen LogP contribution is -2.45. The van der Waals surface area contributed by atoms with Crippen LogP contribution >= 0.6 is 0 Å². The van der Waals surface area contributed by atoms with Crippen molar-refractivity contribution in [2.24, 2.45) is 11.8 Å². The zero-order valence-electron chi connectivity index (χ0n) is 21.0. The van der Waals surface area contributed by atoms with Crippen LogP contribution < -0.4 is 0 Å². The maximum atomic E-state index is 12.3. The predicted octanol–water partition coefficient (Wildman–Crippen LogP) is 8.00. The van der Waals surface area contributed by atoms with E-state index in [-0.39, 0.29) is 17.8 Å². The minimum absolute atomic E-state index is 0.0426. The van der Waals surface area contributed by atoms with Crippen molar-refractivity contribution in [1.29, 1.82) is 0 Å². The number of aliphatic hydroxyl groups is 1. The van der Waals surface area contributed by atoms with Crippen LogP contribution in [-0.4, -0.2) is 22.8 Å². The van der Waals surface area contributed by atoms with E-state index in [4.69, 9.17) is 4.74 Å². The van der Waals surface area contributed by atoms with Crippen LogP contribution in [0.4, 0.5) is 0 Å². The van der Waals surface area contributed by atoms with E-state index < -0.39 is 11.7 Å². The van der Waals surface area contributed by atoms with Crippen molar-refractivity contribution in [3.63, 3.8) is 0 Å². The van der Waals surface area contributed by atoms with Gasteiger partial charge in [0.25, 0.3) is 0 Å². The van der Waals surface area contributed by atoms with Crippen molar-refractivity contribution in [3.05, 3.63) is 12.2 Å². The molecular weight excluding hydrogens is 372 g/mol. The van der Waals surface area contributed by atoms with Gasteiger partial charge in [-0.2, -0.15) is 0 Å². The molecule has 0 aromatic carbocycles. The number of rotatable bonds is 19. The molecule has 0 aliphatic carbocycles. The smallest absolute Gasteiger partial charge is 0.309 e. The molecule has 0 spiro atoms. The molecule has 0 radical (unpaired) electrons. The average Bonchev–Trinajstić information content (AvgIpc) is 2.70. The van der Waals surface area contributed by atoms with Crippen LogP contribution in [0.3, 0.4) is 0 Å². The highest BCUT2D eigenvalue weighted by atomic mass is 16.6. The minimum atomic E-state index is -0.988. The Kier molecular flexibility index (Phi) is 17.3. The van der Waals surface area contributed by atoms with E-state index in [9.17, 15) is 9.90 Å². The summed E-state index contributed by atoms with van der Waals surface area (Å²) in [7, 11) is 0. The molecule has 0 bridgehead atoms. The van der Waals surface area contributed by atoms with Gasteiger partial charge in [0.05, 0.1) is 5.92 Å². The van der Waals surface area contributed by atoms with Gasteiger partial charge in [0, 0.05) is 0 Å². The molecule has 0 aliphatic heterocycles. The summed E-state index contributed by atoms with van der Waals surface area (Å²) < 4.78 is 5.52. The molecule has 0 amide bonds. The maximum Gasteiger partial charge on any atom is 0.309 e. The molecule has 1 N–H and O–H groups in total. The lowest BCUT2D eigenvalue weighted by Gasteiger charge is -2.34. The van der Waals surface area contributed by atoms with E-state index in [2.05, 4.69) is 19.1 Å². The van der Waals surface area contributed by atoms with E-state index in [1.54, 1.807) is 13.8 Å². The van der Waals surface area contributed by atoms with E-state index in [0.717, 1.165) is 12.8 Å². The number of carbonyl (C=O) groups is 1. The molecule has 0 aromatic rings. The second-order valence-electron chi connectivity index (χ2n) is 9.73. The molecule has 3 atom stereocenters. The molecule has 0 heterocycles. The Labute approximate surface area is 188 Å². The van der Waals surface area contributed by atoms with Gasteiger partial charge in [-0.05, 0) is 51.9 Å². The van der Waals surface area contributed by atoms with E-state index in [1.807, 2.05) is 20.8 Å². The summed E-state index contributed by atoms with van der Waals surface area (Å²) in [5, 5.41) is 10.4. The Morgan fingerprint density at radius 3 is 1.80 bits per heavy atom. The van der Waals surface area contributed by atoms with Crippen LogP contribution in [0.15, 0.2) is 12.2 Å². The Balaban J connectivity index is 3.63. The normalized spacial score (nSPS) is 16.0. The summed E-state index contributed by atoms with van der Waals surface area (Å²) in [5.74, 6) is -0.236. The number of esters is 1. The Bertz CT molecular complexity index is 439. The monoisotopic (exact) mass is 424 g/mol. The third-order valence-electron chi connectivity index (χ3n) is 6.59. The highest BCUT2D eigenvalue weighted by Crippen LogP contribution is 2.24. The number of unbranched alkanes of at least 4 members (excludes halogenated alkanes) is 11. The molecule has 30 heavy (non-hydrogen) atoms. The molecule has 3 unspecified atom stereocenters. The summed E-state index contributed by atoms with van der Waals surface area (Å²) in [6.45, 7) is 11.6. The molecule has 3 heteroatoms. The van der Waals surface area contributed by atoms with Gasteiger partial charge in [-0.3, -0.25) is 4.79 Å². The molecule has 0 rings (SSSR count). The SMILES string of the molecule is CCCCCCCCC=CCCCCCCCC(C)C(=O)OC(C)C(C)(O)C(C)C. The first-order valence-corrected chi connectivity index (χ1v) is 12.8. The van der Waals surface area contributed by atoms with Crippen LogP contribution in [0.2, 0.25) is 0 Å². The predicted molar refractivity (Wildman–Crippen MR) is 130 cm³/mol. The van der Waals surface area contributed by atoms with Crippen molar-refractivity contribution < 1.29 is 14.6 Å².